The molecule has 0 spiro atoms. The summed E-state index contributed by atoms with van der Waals surface area (Å²) < 4.78 is 0. The summed E-state index contributed by atoms with van der Waals surface area (Å²) in [6, 6.07) is 1.11. The lowest BCUT2D eigenvalue weighted by Crippen LogP contribution is -2.42. The molecule has 0 radical (unpaired) electrons. The lowest BCUT2D eigenvalue weighted by Gasteiger charge is -2.28. The second-order valence-electron chi connectivity index (χ2n) is 3.31. The number of thiol groups is 1. The summed E-state index contributed by atoms with van der Waals surface area (Å²) in [4.78, 5) is 2.11. The summed E-state index contributed by atoms with van der Waals surface area (Å²) in [5.74, 6) is 0. The number of hydrogen-bond donors (Lipinski definition) is 2. The van der Waals surface area contributed by atoms with E-state index in [4.69, 9.17) is 0 Å². The van der Waals surface area contributed by atoms with E-state index in [2.05, 4.69) is 50.7 Å². The average molecular weight is 160 g/mol. The lowest BCUT2D eigenvalue weighted by atomic mass is 10.2. The summed E-state index contributed by atoms with van der Waals surface area (Å²) in [6.07, 6.45) is 0. The first-order valence-corrected chi connectivity index (χ1v) is 4.13. The molecule has 1 aliphatic rings. The van der Waals surface area contributed by atoms with Crippen molar-refractivity contribution in [1.82, 2.24) is 10.2 Å². The Bertz CT molecular complexity index is 136. The highest BCUT2D eigenvalue weighted by molar-refractivity contribution is 7.81. The van der Waals surface area contributed by atoms with Crippen molar-refractivity contribution in [3.63, 3.8) is 0 Å². The van der Waals surface area contributed by atoms with Gasteiger partial charge in [0.25, 0.3) is 0 Å². The number of rotatable bonds is 0. The van der Waals surface area contributed by atoms with Gasteiger partial charge in [-0.3, -0.25) is 10.2 Å². The fraction of sp³-hybridized carbons (Fsp3) is 1.00. The van der Waals surface area contributed by atoms with Crippen LogP contribution in [0.1, 0.15) is 20.8 Å². The maximum atomic E-state index is 4.48. The van der Waals surface area contributed by atoms with Crippen LogP contribution in [-0.4, -0.2) is 29.0 Å². The number of hydrogen-bond acceptors (Lipinski definition) is 3. The molecule has 0 aromatic rings. The Morgan fingerprint density at radius 1 is 1.50 bits per heavy atom. The van der Waals surface area contributed by atoms with Crippen molar-refractivity contribution in [3.05, 3.63) is 0 Å². The minimum Gasteiger partial charge on any atom is -0.287 e. The van der Waals surface area contributed by atoms with Gasteiger partial charge in [0.2, 0.25) is 0 Å². The third-order valence-corrected chi connectivity index (χ3v) is 2.97. The minimum absolute atomic E-state index is 0.126. The van der Waals surface area contributed by atoms with E-state index in [0.717, 1.165) is 0 Å². The summed E-state index contributed by atoms with van der Waals surface area (Å²) in [5.41, 5.74) is 0. The van der Waals surface area contributed by atoms with Crippen LogP contribution in [0.5, 0.6) is 0 Å². The van der Waals surface area contributed by atoms with E-state index in [-0.39, 0.29) is 4.99 Å². The number of likely N-dealkylation sites (N-methyl/N-ethyl adjacent to an activating group) is 1. The highest BCUT2D eigenvalue weighted by Crippen LogP contribution is 2.26. The highest BCUT2D eigenvalue weighted by atomic mass is 32.1. The van der Waals surface area contributed by atoms with Gasteiger partial charge in [-0.05, 0) is 27.8 Å². The Morgan fingerprint density at radius 2 is 2.00 bits per heavy atom. The van der Waals surface area contributed by atoms with Gasteiger partial charge in [0.15, 0.2) is 0 Å². The van der Waals surface area contributed by atoms with E-state index < -0.39 is 0 Å². The van der Waals surface area contributed by atoms with Crippen molar-refractivity contribution < 1.29 is 0 Å². The molecule has 0 amide bonds. The molecule has 1 heterocycles. The normalized spacial score (nSPS) is 50.1. The average Bonchev–Trinajstić information content (AvgIpc) is 1.95. The topological polar surface area (TPSA) is 15.3 Å². The minimum atomic E-state index is -0.126. The van der Waals surface area contributed by atoms with Crippen molar-refractivity contribution in [3.8, 4) is 0 Å². The van der Waals surface area contributed by atoms with Gasteiger partial charge in [-0.25, -0.2) is 0 Å². The van der Waals surface area contributed by atoms with Gasteiger partial charge in [0, 0.05) is 12.1 Å². The Hall–Kier alpha value is 0.270. The first-order valence-electron chi connectivity index (χ1n) is 3.68. The molecule has 3 atom stereocenters. The van der Waals surface area contributed by atoms with Crippen molar-refractivity contribution in [2.45, 2.75) is 37.8 Å². The standard InChI is InChI=1S/C7H16N2S/c1-5-6(2)9(4)7(3,10)8-5/h5-6,8,10H,1-4H3. The van der Waals surface area contributed by atoms with Crippen molar-refractivity contribution >= 4 is 12.6 Å². The summed E-state index contributed by atoms with van der Waals surface area (Å²) in [5, 5.41) is 3.38. The van der Waals surface area contributed by atoms with E-state index >= 15 is 0 Å². The summed E-state index contributed by atoms with van der Waals surface area (Å²) >= 11 is 4.48. The Kier molecular flexibility index (Phi) is 2.00. The van der Waals surface area contributed by atoms with Crippen LogP contribution in [0.2, 0.25) is 0 Å². The van der Waals surface area contributed by atoms with Gasteiger partial charge >= 0.3 is 0 Å². The van der Waals surface area contributed by atoms with Crippen LogP contribution in [0, 0.1) is 0 Å². The monoisotopic (exact) mass is 160 g/mol. The van der Waals surface area contributed by atoms with Crippen LogP contribution in [0.4, 0.5) is 0 Å². The maximum Gasteiger partial charge on any atom is 0.114 e. The quantitative estimate of drug-likeness (QED) is 0.512. The first kappa shape index (κ1) is 8.37. The van der Waals surface area contributed by atoms with Crippen LogP contribution in [0.3, 0.4) is 0 Å². The molecule has 1 rings (SSSR count). The van der Waals surface area contributed by atoms with Crippen molar-refractivity contribution in [1.29, 1.82) is 0 Å². The fourth-order valence-electron chi connectivity index (χ4n) is 1.39. The van der Waals surface area contributed by atoms with Crippen molar-refractivity contribution in [2.24, 2.45) is 0 Å². The highest BCUT2D eigenvalue weighted by Gasteiger charge is 2.39. The molecule has 1 saturated heterocycles. The zero-order valence-corrected chi connectivity index (χ0v) is 7.94. The van der Waals surface area contributed by atoms with E-state index in [1.165, 1.54) is 0 Å². The van der Waals surface area contributed by atoms with E-state index in [0.29, 0.717) is 12.1 Å². The van der Waals surface area contributed by atoms with Crippen LogP contribution in [0.25, 0.3) is 0 Å². The van der Waals surface area contributed by atoms with E-state index in [9.17, 15) is 0 Å². The third-order valence-electron chi connectivity index (χ3n) is 2.52. The SMILES string of the molecule is CC1NC(C)(S)N(C)C1C. The number of nitrogens with one attached hydrogen (secondary N) is 1. The second kappa shape index (κ2) is 2.40. The van der Waals surface area contributed by atoms with Gasteiger partial charge in [-0.15, -0.1) is 12.6 Å². The Labute approximate surface area is 68.4 Å². The molecule has 0 aromatic carbocycles. The molecule has 1 fully saturated rings. The van der Waals surface area contributed by atoms with Crippen LogP contribution < -0.4 is 5.32 Å². The molecule has 1 N–H and O–H groups in total. The van der Waals surface area contributed by atoms with Gasteiger partial charge in [0.05, 0.1) is 0 Å². The van der Waals surface area contributed by atoms with Gasteiger partial charge < -0.3 is 0 Å². The van der Waals surface area contributed by atoms with E-state index in [1.807, 2.05) is 0 Å². The predicted octanol–water partition coefficient (Wildman–Crippen LogP) is 0.902. The maximum absolute atomic E-state index is 4.48. The molecule has 0 saturated carbocycles. The largest absolute Gasteiger partial charge is 0.287 e. The molecular weight excluding hydrogens is 144 g/mol. The van der Waals surface area contributed by atoms with Crippen LogP contribution in [-0.2, 0) is 0 Å². The number of nitrogens with zero attached hydrogens (tertiary/aromatic N) is 1. The van der Waals surface area contributed by atoms with Crippen LogP contribution in [0.15, 0.2) is 0 Å². The zero-order chi connectivity index (χ0) is 7.94. The van der Waals surface area contributed by atoms with Crippen molar-refractivity contribution in [2.75, 3.05) is 7.05 Å². The lowest BCUT2D eigenvalue weighted by molar-refractivity contribution is 0.232. The van der Waals surface area contributed by atoms with Crippen LogP contribution >= 0.6 is 12.6 Å². The fourth-order valence-corrected chi connectivity index (χ4v) is 1.77. The molecule has 0 bridgehead atoms. The second-order valence-corrected chi connectivity index (χ2v) is 4.18. The summed E-state index contributed by atoms with van der Waals surface area (Å²) in [7, 11) is 2.09. The van der Waals surface area contributed by atoms with Gasteiger partial charge in [-0.2, -0.15) is 0 Å². The van der Waals surface area contributed by atoms with Gasteiger partial charge in [0.1, 0.15) is 4.99 Å². The zero-order valence-electron chi connectivity index (χ0n) is 7.05. The Morgan fingerprint density at radius 3 is 2.10 bits per heavy atom. The molecule has 2 nitrogen and oxygen atoms in total. The molecule has 10 heavy (non-hydrogen) atoms. The summed E-state index contributed by atoms with van der Waals surface area (Å²) in [6.45, 7) is 6.47. The predicted molar refractivity (Wildman–Crippen MR) is 47.2 cm³/mol. The molecular formula is C7H16N2S. The molecule has 0 aliphatic carbocycles. The molecule has 1 aliphatic heterocycles. The molecule has 3 unspecified atom stereocenters. The Balaban J connectivity index is 2.71. The first-order chi connectivity index (χ1) is 4.45. The molecule has 3 heteroatoms. The molecule has 60 valence electrons. The molecule has 0 aromatic heterocycles. The third kappa shape index (κ3) is 1.18. The smallest absolute Gasteiger partial charge is 0.114 e. The van der Waals surface area contributed by atoms with Gasteiger partial charge in [-0.1, -0.05) is 0 Å². The van der Waals surface area contributed by atoms with E-state index in [1.54, 1.807) is 0 Å².